The zero-order valence-electron chi connectivity index (χ0n) is 21.4. The predicted octanol–water partition coefficient (Wildman–Crippen LogP) is 4.34. The Labute approximate surface area is 203 Å². The first-order valence-corrected chi connectivity index (χ1v) is 12.3. The second-order valence-corrected chi connectivity index (χ2v) is 10.1. The van der Waals surface area contributed by atoms with Gasteiger partial charge in [0.25, 0.3) is 0 Å². The second kappa shape index (κ2) is 12.1. The van der Waals surface area contributed by atoms with Crippen LogP contribution in [0.3, 0.4) is 0 Å². The molecule has 0 aliphatic heterocycles. The number of phenols is 1. The van der Waals surface area contributed by atoms with E-state index in [1.807, 2.05) is 0 Å². The number of phenolic OH excluding ortho intramolecular Hbond substituents is 1. The number of carbonyl (C=O) groups excluding carboxylic acids is 3. The topological polar surface area (TPSA) is 108 Å². The molecule has 2 unspecified atom stereocenters. The van der Waals surface area contributed by atoms with E-state index in [1.165, 1.54) is 0 Å². The third-order valence-electron chi connectivity index (χ3n) is 5.97. The number of amides is 3. The molecular weight excluding hydrogens is 434 g/mol. The minimum absolute atomic E-state index is 0.101. The van der Waals surface area contributed by atoms with E-state index in [9.17, 15) is 19.5 Å². The minimum Gasteiger partial charge on any atom is -0.508 e. The molecule has 2 atom stereocenters. The molecule has 8 nitrogen and oxygen atoms in total. The number of nitrogens with one attached hydrogen (secondary N) is 2. The van der Waals surface area contributed by atoms with E-state index in [0.29, 0.717) is 17.7 Å². The van der Waals surface area contributed by atoms with Gasteiger partial charge in [-0.15, -0.1) is 0 Å². The lowest BCUT2D eigenvalue weighted by molar-refractivity contribution is -0.147. The molecule has 34 heavy (non-hydrogen) atoms. The third kappa shape index (κ3) is 7.64. The lowest BCUT2D eigenvalue weighted by Gasteiger charge is -2.43. The Morgan fingerprint density at radius 2 is 1.88 bits per heavy atom. The van der Waals surface area contributed by atoms with Crippen molar-refractivity contribution in [2.24, 2.45) is 0 Å². The van der Waals surface area contributed by atoms with Gasteiger partial charge in [-0.25, -0.2) is 4.79 Å². The first-order chi connectivity index (χ1) is 15.9. The van der Waals surface area contributed by atoms with E-state index < -0.39 is 23.8 Å². The van der Waals surface area contributed by atoms with Crippen molar-refractivity contribution in [3.63, 3.8) is 0 Å². The quantitative estimate of drug-likeness (QED) is 0.436. The zero-order chi connectivity index (χ0) is 25.5. The summed E-state index contributed by atoms with van der Waals surface area (Å²) in [6.07, 6.45) is 4.79. The van der Waals surface area contributed by atoms with Gasteiger partial charge in [-0.2, -0.15) is 0 Å². The number of carbonyl (C=O) groups is 3. The molecule has 0 aromatic heterocycles. The monoisotopic (exact) mass is 475 g/mol. The summed E-state index contributed by atoms with van der Waals surface area (Å²) in [5, 5.41) is 15.6. The molecular formula is C26H41N3O5. The van der Waals surface area contributed by atoms with E-state index in [1.54, 1.807) is 57.7 Å². The van der Waals surface area contributed by atoms with Gasteiger partial charge >= 0.3 is 6.09 Å². The number of nitrogens with zero attached hydrogens (tertiary/aromatic N) is 1. The predicted molar refractivity (Wildman–Crippen MR) is 131 cm³/mol. The van der Waals surface area contributed by atoms with E-state index in [4.69, 9.17) is 4.74 Å². The maximum atomic E-state index is 13.7. The molecule has 190 valence electrons. The van der Waals surface area contributed by atoms with E-state index >= 15 is 0 Å². The van der Waals surface area contributed by atoms with E-state index in [2.05, 4.69) is 17.6 Å². The number of aryl methyl sites for hydroxylation is 1. The van der Waals surface area contributed by atoms with Crippen LogP contribution in [-0.2, 0) is 14.3 Å². The summed E-state index contributed by atoms with van der Waals surface area (Å²) in [6.45, 7) is 11.3. The molecule has 3 amide bonds. The SMILES string of the molecule is CCCCCNC(=O)C(c1ccc(O)c(C)c1)N(C(=O)C(C)NC(=O)OC(C)(C)C)C1CCC1. The number of hydrogen-bond acceptors (Lipinski definition) is 5. The molecule has 1 aliphatic rings. The Morgan fingerprint density at radius 1 is 1.21 bits per heavy atom. The van der Waals surface area contributed by atoms with E-state index in [0.717, 1.165) is 38.5 Å². The summed E-state index contributed by atoms with van der Waals surface area (Å²) in [5.74, 6) is -0.465. The summed E-state index contributed by atoms with van der Waals surface area (Å²) >= 11 is 0. The largest absolute Gasteiger partial charge is 0.508 e. The lowest BCUT2D eigenvalue weighted by atomic mass is 9.88. The molecule has 1 saturated carbocycles. The third-order valence-corrected chi connectivity index (χ3v) is 5.97. The average Bonchev–Trinajstić information content (AvgIpc) is 2.69. The van der Waals surface area contributed by atoms with Crippen molar-refractivity contribution in [1.82, 2.24) is 15.5 Å². The molecule has 1 aromatic carbocycles. The molecule has 0 heterocycles. The molecule has 2 rings (SSSR count). The highest BCUT2D eigenvalue weighted by Gasteiger charge is 2.41. The molecule has 1 fully saturated rings. The molecule has 3 N–H and O–H groups in total. The van der Waals surface area contributed by atoms with Gasteiger partial charge in [-0.05, 0) is 83.6 Å². The summed E-state index contributed by atoms with van der Waals surface area (Å²) in [7, 11) is 0. The summed E-state index contributed by atoms with van der Waals surface area (Å²) in [6, 6.07) is 3.15. The van der Waals surface area contributed by atoms with Crippen LogP contribution in [-0.4, -0.2) is 52.1 Å². The average molecular weight is 476 g/mol. The summed E-state index contributed by atoms with van der Waals surface area (Å²) in [5.41, 5.74) is 0.570. The van der Waals surface area contributed by atoms with Crippen molar-refractivity contribution in [3.05, 3.63) is 29.3 Å². The van der Waals surface area contributed by atoms with Crippen molar-refractivity contribution in [1.29, 1.82) is 0 Å². The van der Waals surface area contributed by atoms with Crippen molar-refractivity contribution in [3.8, 4) is 5.75 Å². The fourth-order valence-corrected chi connectivity index (χ4v) is 3.92. The molecule has 8 heteroatoms. The van der Waals surface area contributed by atoms with Crippen LogP contribution in [0.1, 0.15) is 90.3 Å². The van der Waals surface area contributed by atoms with Gasteiger partial charge in [0.2, 0.25) is 11.8 Å². The van der Waals surface area contributed by atoms with Gasteiger partial charge in [0.1, 0.15) is 23.4 Å². The van der Waals surface area contributed by atoms with Gasteiger partial charge in [-0.3, -0.25) is 9.59 Å². The Kier molecular flexibility index (Phi) is 9.77. The Morgan fingerprint density at radius 3 is 2.41 bits per heavy atom. The van der Waals surface area contributed by atoms with Gasteiger partial charge < -0.3 is 25.4 Å². The molecule has 1 aromatic rings. The highest BCUT2D eigenvalue weighted by Crippen LogP contribution is 2.35. The number of alkyl carbamates (subject to hydrolysis) is 1. The molecule has 0 bridgehead atoms. The summed E-state index contributed by atoms with van der Waals surface area (Å²) < 4.78 is 5.31. The van der Waals surface area contributed by atoms with Gasteiger partial charge in [-0.1, -0.05) is 25.8 Å². The van der Waals surface area contributed by atoms with Crippen LogP contribution in [0.4, 0.5) is 4.79 Å². The van der Waals surface area contributed by atoms with Gasteiger partial charge in [0.15, 0.2) is 0 Å². The standard InChI is InChI=1S/C26H41N3O5/c1-7-8-9-15-27-23(31)22(19-13-14-21(30)17(2)16-19)29(20-11-10-12-20)24(32)18(3)28-25(33)34-26(4,5)6/h13-14,16,18,20,22,30H,7-12,15H2,1-6H3,(H,27,31)(H,28,33). The number of unbranched alkanes of at least 4 members (excludes halogenated alkanes) is 2. The number of aromatic hydroxyl groups is 1. The first kappa shape index (κ1) is 27.5. The van der Waals surface area contributed by atoms with Gasteiger partial charge in [0, 0.05) is 12.6 Å². The van der Waals surface area contributed by atoms with Crippen LogP contribution >= 0.6 is 0 Å². The van der Waals surface area contributed by atoms with Crippen LogP contribution in [0.15, 0.2) is 18.2 Å². The van der Waals surface area contributed by atoms with Crippen LogP contribution in [0.25, 0.3) is 0 Å². The fraction of sp³-hybridized carbons (Fsp3) is 0.654. The van der Waals surface area contributed by atoms with Crippen LogP contribution in [0.5, 0.6) is 5.75 Å². The number of hydrogen-bond donors (Lipinski definition) is 3. The second-order valence-electron chi connectivity index (χ2n) is 10.1. The number of ether oxygens (including phenoxy) is 1. The Bertz CT molecular complexity index is 860. The smallest absolute Gasteiger partial charge is 0.408 e. The van der Waals surface area contributed by atoms with Gasteiger partial charge in [0.05, 0.1) is 0 Å². The molecule has 0 spiro atoms. The molecule has 0 radical (unpaired) electrons. The van der Waals surface area contributed by atoms with Crippen LogP contribution in [0, 0.1) is 6.92 Å². The van der Waals surface area contributed by atoms with Crippen molar-refractivity contribution >= 4 is 17.9 Å². The minimum atomic E-state index is -0.871. The maximum Gasteiger partial charge on any atom is 0.408 e. The Hall–Kier alpha value is -2.77. The number of benzene rings is 1. The normalized spacial score (nSPS) is 15.6. The highest BCUT2D eigenvalue weighted by atomic mass is 16.6. The Balaban J connectivity index is 2.34. The molecule has 1 aliphatic carbocycles. The summed E-state index contributed by atoms with van der Waals surface area (Å²) in [4.78, 5) is 41.0. The van der Waals surface area contributed by atoms with Crippen molar-refractivity contribution < 1.29 is 24.2 Å². The molecule has 0 saturated heterocycles. The van der Waals surface area contributed by atoms with Crippen LogP contribution in [0.2, 0.25) is 0 Å². The maximum absolute atomic E-state index is 13.7. The first-order valence-electron chi connectivity index (χ1n) is 12.3. The number of rotatable bonds is 10. The zero-order valence-corrected chi connectivity index (χ0v) is 21.4. The fourth-order valence-electron chi connectivity index (χ4n) is 3.92. The highest BCUT2D eigenvalue weighted by molar-refractivity contribution is 5.92. The van der Waals surface area contributed by atoms with E-state index in [-0.39, 0.29) is 23.6 Å². The van der Waals surface area contributed by atoms with Crippen molar-refractivity contribution in [2.75, 3.05) is 6.54 Å². The van der Waals surface area contributed by atoms with Crippen molar-refractivity contribution in [2.45, 2.75) is 104 Å². The lowest BCUT2D eigenvalue weighted by Crippen LogP contribution is -2.56. The van der Waals surface area contributed by atoms with Crippen LogP contribution < -0.4 is 10.6 Å².